The monoisotopic (exact) mass is 276 g/mol. The lowest BCUT2D eigenvalue weighted by molar-refractivity contribution is -0.384. The molecule has 0 unspecified atom stereocenters. The van der Waals surface area contributed by atoms with Crippen molar-refractivity contribution in [2.24, 2.45) is 0 Å². The summed E-state index contributed by atoms with van der Waals surface area (Å²) in [4.78, 5) is 10.1. The van der Waals surface area contributed by atoms with Crippen molar-refractivity contribution in [2.45, 2.75) is 32.4 Å². The van der Waals surface area contributed by atoms with Gasteiger partial charge in [-0.25, -0.2) is 0 Å². The summed E-state index contributed by atoms with van der Waals surface area (Å²) < 4.78 is 35.7. The number of nitro groups is 1. The first-order chi connectivity index (χ1) is 8.78. The Balaban J connectivity index is 2.43. The van der Waals surface area contributed by atoms with E-state index in [-0.39, 0.29) is 12.1 Å². The van der Waals surface area contributed by atoms with Crippen LogP contribution in [-0.4, -0.2) is 17.6 Å². The highest BCUT2D eigenvalue weighted by atomic mass is 19.4. The van der Waals surface area contributed by atoms with Gasteiger partial charge in [-0.3, -0.25) is 10.1 Å². The Bertz CT molecular complexity index is 447. The van der Waals surface area contributed by atoms with E-state index >= 15 is 0 Å². The van der Waals surface area contributed by atoms with Crippen LogP contribution in [0.3, 0.4) is 0 Å². The SMILES string of the molecule is Cc1cc(NCCCCC(F)(F)F)cc([N+](=O)[O-])c1. The van der Waals surface area contributed by atoms with Crippen LogP contribution in [0.2, 0.25) is 0 Å². The number of benzene rings is 1. The Kier molecular flexibility index (Phi) is 5.14. The second kappa shape index (κ2) is 6.40. The number of nitrogens with zero attached hydrogens (tertiary/aromatic N) is 1. The smallest absolute Gasteiger partial charge is 0.385 e. The van der Waals surface area contributed by atoms with Crippen LogP contribution in [0.1, 0.15) is 24.8 Å². The summed E-state index contributed by atoms with van der Waals surface area (Å²) in [5, 5.41) is 13.5. The summed E-state index contributed by atoms with van der Waals surface area (Å²) in [5.74, 6) is 0. The van der Waals surface area contributed by atoms with Crippen LogP contribution in [0.25, 0.3) is 0 Å². The molecule has 1 aromatic rings. The van der Waals surface area contributed by atoms with Crippen LogP contribution in [-0.2, 0) is 0 Å². The number of hydrogen-bond acceptors (Lipinski definition) is 3. The van der Waals surface area contributed by atoms with Crippen LogP contribution in [0.5, 0.6) is 0 Å². The fraction of sp³-hybridized carbons (Fsp3) is 0.500. The number of unbranched alkanes of at least 4 members (excludes halogenated alkanes) is 1. The number of rotatable bonds is 6. The molecular formula is C12H15F3N2O2. The molecule has 0 aliphatic carbocycles. The summed E-state index contributed by atoms with van der Waals surface area (Å²) >= 11 is 0. The van der Waals surface area contributed by atoms with Crippen molar-refractivity contribution in [3.05, 3.63) is 33.9 Å². The minimum Gasteiger partial charge on any atom is -0.385 e. The Morgan fingerprint density at radius 3 is 2.53 bits per heavy atom. The summed E-state index contributed by atoms with van der Waals surface area (Å²) in [6, 6.07) is 4.53. The topological polar surface area (TPSA) is 55.2 Å². The lowest BCUT2D eigenvalue weighted by Crippen LogP contribution is -2.08. The minimum absolute atomic E-state index is 0.0298. The number of anilines is 1. The maximum absolute atomic E-state index is 11.9. The van der Waals surface area contributed by atoms with Crippen molar-refractivity contribution in [3.8, 4) is 0 Å². The summed E-state index contributed by atoms with van der Waals surface area (Å²) in [5.41, 5.74) is 1.25. The number of halogens is 3. The van der Waals surface area contributed by atoms with Gasteiger partial charge in [0.05, 0.1) is 4.92 Å². The first kappa shape index (κ1) is 15.3. The van der Waals surface area contributed by atoms with Gasteiger partial charge in [0, 0.05) is 30.8 Å². The number of nitro benzene ring substituents is 1. The first-order valence-corrected chi connectivity index (χ1v) is 5.84. The molecule has 1 N–H and O–H groups in total. The molecule has 19 heavy (non-hydrogen) atoms. The molecule has 0 heterocycles. The number of nitrogens with one attached hydrogen (secondary N) is 1. The summed E-state index contributed by atoms with van der Waals surface area (Å²) in [6.07, 6.45) is -4.52. The molecule has 0 aliphatic heterocycles. The molecule has 0 aromatic heterocycles. The van der Waals surface area contributed by atoms with Gasteiger partial charge < -0.3 is 5.32 Å². The van der Waals surface area contributed by atoms with Gasteiger partial charge in [-0.05, 0) is 31.4 Å². The van der Waals surface area contributed by atoms with Gasteiger partial charge in [0.15, 0.2) is 0 Å². The molecule has 0 amide bonds. The van der Waals surface area contributed by atoms with Crippen molar-refractivity contribution in [1.29, 1.82) is 0 Å². The molecule has 0 aliphatic rings. The van der Waals surface area contributed by atoms with Crippen LogP contribution in [0.4, 0.5) is 24.5 Å². The third kappa shape index (κ3) is 6.08. The molecule has 1 rings (SSSR count). The molecule has 1 aromatic carbocycles. The first-order valence-electron chi connectivity index (χ1n) is 5.84. The highest BCUT2D eigenvalue weighted by molar-refractivity contribution is 5.53. The number of hydrogen-bond donors (Lipinski definition) is 1. The van der Waals surface area contributed by atoms with Crippen LogP contribution < -0.4 is 5.32 Å². The Morgan fingerprint density at radius 2 is 1.95 bits per heavy atom. The van der Waals surface area contributed by atoms with Gasteiger partial charge in [-0.1, -0.05) is 0 Å². The molecule has 106 valence electrons. The highest BCUT2D eigenvalue weighted by Crippen LogP contribution is 2.23. The van der Waals surface area contributed by atoms with E-state index in [9.17, 15) is 23.3 Å². The van der Waals surface area contributed by atoms with Gasteiger partial charge >= 0.3 is 6.18 Å². The van der Waals surface area contributed by atoms with E-state index in [2.05, 4.69) is 5.32 Å². The molecular weight excluding hydrogens is 261 g/mol. The van der Waals surface area contributed by atoms with Gasteiger partial charge in [0.1, 0.15) is 0 Å². The molecule has 0 saturated heterocycles. The average Bonchev–Trinajstić information content (AvgIpc) is 2.26. The summed E-state index contributed by atoms with van der Waals surface area (Å²) in [7, 11) is 0. The van der Waals surface area contributed by atoms with E-state index < -0.39 is 17.5 Å². The van der Waals surface area contributed by atoms with Crippen LogP contribution in [0, 0.1) is 17.0 Å². The molecule has 0 radical (unpaired) electrons. The normalized spacial score (nSPS) is 11.4. The third-order valence-corrected chi connectivity index (χ3v) is 2.49. The van der Waals surface area contributed by atoms with Crippen molar-refractivity contribution in [3.63, 3.8) is 0 Å². The van der Waals surface area contributed by atoms with Crippen LogP contribution in [0.15, 0.2) is 18.2 Å². The molecule has 7 heteroatoms. The van der Waals surface area contributed by atoms with Gasteiger partial charge in [0.2, 0.25) is 0 Å². The fourth-order valence-corrected chi connectivity index (χ4v) is 1.65. The molecule has 0 atom stereocenters. The zero-order valence-corrected chi connectivity index (χ0v) is 10.5. The van der Waals surface area contributed by atoms with Crippen molar-refractivity contribution >= 4 is 11.4 Å². The predicted molar refractivity (Wildman–Crippen MR) is 66.2 cm³/mol. The fourth-order valence-electron chi connectivity index (χ4n) is 1.65. The summed E-state index contributed by atoms with van der Waals surface area (Å²) in [6.45, 7) is 2.08. The van der Waals surface area contributed by atoms with E-state index in [1.165, 1.54) is 12.1 Å². The zero-order valence-electron chi connectivity index (χ0n) is 10.5. The number of non-ortho nitro benzene ring substituents is 1. The predicted octanol–water partition coefficient (Wildman–Crippen LogP) is 4.05. The third-order valence-electron chi connectivity index (χ3n) is 2.49. The average molecular weight is 276 g/mol. The van der Waals surface area contributed by atoms with E-state index in [4.69, 9.17) is 0 Å². The Morgan fingerprint density at radius 1 is 1.26 bits per heavy atom. The molecule has 0 fully saturated rings. The lowest BCUT2D eigenvalue weighted by atomic mass is 10.2. The Labute approximate surface area is 108 Å². The second-order valence-corrected chi connectivity index (χ2v) is 4.31. The lowest BCUT2D eigenvalue weighted by Gasteiger charge is -2.08. The van der Waals surface area contributed by atoms with Gasteiger partial charge in [-0.2, -0.15) is 13.2 Å². The number of aryl methyl sites for hydroxylation is 1. The largest absolute Gasteiger partial charge is 0.389 e. The van der Waals surface area contributed by atoms with Gasteiger partial charge in [-0.15, -0.1) is 0 Å². The van der Waals surface area contributed by atoms with Crippen LogP contribution >= 0.6 is 0 Å². The van der Waals surface area contributed by atoms with Gasteiger partial charge in [0.25, 0.3) is 5.69 Å². The van der Waals surface area contributed by atoms with Crippen molar-refractivity contribution in [1.82, 2.24) is 0 Å². The maximum Gasteiger partial charge on any atom is 0.389 e. The standard InChI is InChI=1S/C12H15F3N2O2/c1-9-6-10(8-11(7-9)17(18)19)16-5-3-2-4-12(13,14)15/h6-8,16H,2-5H2,1H3. The van der Waals surface area contributed by atoms with Crippen molar-refractivity contribution in [2.75, 3.05) is 11.9 Å². The second-order valence-electron chi connectivity index (χ2n) is 4.31. The van der Waals surface area contributed by atoms with E-state index in [0.717, 1.165) is 5.56 Å². The van der Waals surface area contributed by atoms with E-state index in [1.807, 2.05) is 0 Å². The maximum atomic E-state index is 11.9. The minimum atomic E-state index is -4.12. The molecule has 0 spiro atoms. The zero-order chi connectivity index (χ0) is 14.5. The molecule has 4 nitrogen and oxygen atoms in total. The molecule has 0 saturated carbocycles. The quantitative estimate of drug-likeness (QED) is 0.484. The molecule has 0 bridgehead atoms. The number of alkyl halides is 3. The van der Waals surface area contributed by atoms with Crippen molar-refractivity contribution < 1.29 is 18.1 Å². The Hall–Kier alpha value is -1.79. The van der Waals surface area contributed by atoms with E-state index in [0.29, 0.717) is 18.7 Å². The van der Waals surface area contributed by atoms with E-state index in [1.54, 1.807) is 13.0 Å². The highest BCUT2D eigenvalue weighted by Gasteiger charge is 2.25.